The number of alkyl halides is 3. The van der Waals surface area contributed by atoms with E-state index in [4.69, 9.17) is 0 Å². The van der Waals surface area contributed by atoms with Crippen LogP contribution >= 0.6 is 0 Å². The summed E-state index contributed by atoms with van der Waals surface area (Å²) in [6, 6.07) is 0. The van der Waals surface area contributed by atoms with Gasteiger partial charge in [-0.15, -0.1) is 0 Å². The van der Waals surface area contributed by atoms with Crippen LogP contribution < -0.4 is 0 Å². The Morgan fingerprint density at radius 1 is 1.23 bits per heavy atom. The van der Waals surface area contributed by atoms with Gasteiger partial charge in [0.2, 0.25) is 5.91 Å². The van der Waals surface area contributed by atoms with E-state index in [2.05, 4.69) is 0 Å². The van der Waals surface area contributed by atoms with Crippen molar-refractivity contribution in [2.45, 2.75) is 25.4 Å². The molecule has 2 rings (SSSR count). The number of hydrogen-bond donors (Lipinski definition) is 0. The Morgan fingerprint density at radius 3 is 2.00 bits per heavy atom. The molecule has 0 unspecified atom stereocenters. The van der Waals surface area contributed by atoms with Crippen molar-refractivity contribution < 1.29 is 18.0 Å². The standard InChI is InChI=1S/C8H10F3NO/c9-8(10,11)7(2-3-7)6(13)12-4-1-5-12/h1-5H2. The van der Waals surface area contributed by atoms with Crippen LogP contribution in [-0.4, -0.2) is 30.1 Å². The summed E-state index contributed by atoms with van der Waals surface area (Å²) in [5.41, 5.74) is -1.99. The van der Waals surface area contributed by atoms with Crippen LogP contribution in [0.1, 0.15) is 19.3 Å². The van der Waals surface area contributed by atoms with Gasteiger partial charge >= 0.3 is 6.18 Å². The molecule has 2 fully saturated rings. The first-order valence-corrected chi connectivity index (χ1v) is 4.33. The first-order valence-electron chi connectivity index (χ1n) is 4.33. The Bertz CT molecular complexity index is 240. The normalized spacial score (nSPS) is 25.3. The number of halogens is 3. The quantitative estimate of drug-likeness (QED) is 0.618. The predicted octanol–water partition coefficient (Wildman–Crippen LogP) is 1.56. The highest BCUT2D eigenvalue weighted by molar-refractivity contribution is 5.86. The van der Waals surface area contributed by atoms with Crippen LogP contribution in [0.4, 0.5) is 13.2 Å². The highest BCUT2D eigenvalue weighted by Gasteiger charge is 2.69. The number of amides is 1. The van der Waals surface area contributed by atoms with E-state index in [1.807, 2.05) is 0 Å². The van der Waals surface area contributed by atoms with Gasteiger partial charge in [0.25, 0.3) is 0 Å². The highest BCUT2D eigenvalue weighted by atomic mass is 19.4. The van der Waals surface area contributed by atoms with E-state index in [0.717, 1.165) is 6.42 Å². The first-order chi connectivity index (χ1) is 5.97. The predicted molar refractivity (Wildman–Crippen MR) is 38.9 cm³/mol. The molecule has 13 heavy (non-hydrogen) atoms. The summed E-state index contributed by atoms with van der Waals surface area (Å²) in [5, 5.41) is 0. The van der Waals surface area contributed by atoms with Gasteiger partial charge in [-0.25, -0.2) is 0 Å². The third kappa shape index (κ3) is 1.13. The van der Waals surface area contributed by atoms with Gasteiger partial charge in [-0.3, -0.25) is 4.79 Å². The molecule has 1 heterocycles. The smallest absolute Gasteiger partial charge is 0.342 e. The van der Waals surface area contributed by atoms with Gasteiger partial charge in [0.1, 0.15) is 5.41 Å². The van der Waals surface area contributed by atoms with Crippen LogP contribution in [0.15, 0.2) is 0 Å². The first kappa shape index (κ1) is 8.84. The summed E-state index contributed by atoms with van der Waals surface area (Å²) in [5.74, 6) is -0.703. The van der Waals surface area contributed by atoms with Crippen LogP contribution in [0.3, 0.4) is 0 Å². The third-order valence-corrected chi connectivity index (χ3v) is 2.85. The van der Waals surface area contributed by atoms with Crippen molar-refractivity contribution in [3.63, 3.8) is 0 Å². The SMILES string of the molecule is O=C(N1CCC1)C1(C(F)(F)F)CC1. The zero-order chi connectivity index (χ0) is 9.69. The van der Waals surface area contributed by atoms with E-state index >= 15 is 0 Å². The topological polar surface area (TPSA) is 20.3 Å². The van der Waals surface area contributed by atoms with Crippen molar-refractivity contribution in [1.29, 1.82) is 0 Å². The average Bonchev–Trinajstić information content (AvgIpc) is 2.57. The second kappa shape index (κ2) is 2.39. The van der Waals surface area contributed by atoms with E-state index in [1.54, 1.807) is 0 Å². The molecule has 1 saturated carbocycles. The minimum atomic E-state index is -4.35. The van der Waals surface area contributed by atoms with Crippen molar-refractivity contribution >= 4 is 5.91 Å². The van der Waals surface area contributed by atoms with E-state index in [1.165, 1.54) is 4.90 Å². The Kier molecular flexibility index (Phi) is 1.63. The second-order valence-corrected chi connectivity index (χ2v) is 3.73. The van der Waals surface area contributed by atoms with Crippen LogP contribution in [0.25, 0.3) is 0 Å². The number of nitrogens with zero attached hydrogens (tertiary/aromatic N) is 1. The lowest BCUT2D eigenvalue weighted by Crippen LogP contribution is -2.50. The average molecular weight is 193 g/mol. The Morgan fingerprint density at radius 2 is 1.77 bits per heavy atom. The molecule has 1 aliphatic carbocycles. The minimum absolute atomic E-state index is 0.0220. The molecule has 0 radical (unpaired) electrons. The lowest BCUT2D eigenvalue weighted by atomic mass is 10.0. The lowest BCUT2D eigenvalue weighted by Gasteiger charge is -2.34. The van der Waals surface area contributed by atoms with Crippen LogP contribution in [-0.2, 0) is 4.79 Å². The molecule has 0 aromatic heterocycles. The van der Waals surface area contributed by atoms with Crippen molar-refractivity contribution in [1.82, 2.24) is 4.90 Å². The maximum absolute atomic E-state index is 12.4. The van der Waals surface area contributed by atoms with Gasteiger partial charge in [0.05, 0.1) is 0 Å². The summed E-state index contributed by atoms with van der Waals surface area (Å²) in [6.45, 7) is 0.993. The maximum Gasteiger partial charge on any atom is 0.403 e. The monoisotopic (exact) mass is 193 g/mol. The van der Waals surface area contributed by atoms with Crippen molar-refractivity contribution in [3.05, 3.63) is 0 Å². The number of hydrogen-bond acceptors (Lipinski definition) is 1. The zero-order valence-electron chi connectivity index (χ0n) is 7.02. The fourth-order valence-corrected chi connectivity index (χ4v) is 1.57. The summed E-state index contributed by atoms with van der Waals surface area (Å²) in [7, 11) is 0. The molecule has 1 aliphatic heterocycles. The van der Waals surface area contributed by atoms with E-state index in [-0.39, 0.29) is 12.8 Å². The Labute approximate surface area is 73.7 Å². The summed E-state index contributed by atoms with van der Waals surface area (Å²) in [4.78, 5) is 12.7. The van der Waals surface area contributed by atoms with Crippen LogP contribution in [0.5, 0.6) is 0 Å². The molecule has 0 aromatic rings. The fraction of sp³-hybridized carbons (Fsp3) is 0.875. The molecule has 0 aromatic carbocycles. The number of likely N-dealkylation sites (tertiary alicyclic amines) is 1. The minimum Gasteiger partial charge on any atom is -0.342 e. The fourth-order valence-electron chi connectivity index (χ4n) is 1.57. The molecule has 2 aliphatic rings. The molecule has 74 valence electrons. The van der Waals surface area contributed by atoms with Crippen molar-refractivity contribution in [2.75, 3.05) is 13.1 Å². The molecule has 5 heteroatoms. The number of carbonyl (C=O) groups is 1. The molecular weight excluding hydrogens is 183 g/mol. The molecule has 0 spiro atoms. The zero-order valence-corrected chi connectivity index (χ0v) is 7.02. The largest absolute Gasteiger partial charge is 0.403 e. The van der Waals surface area contributed by atoms with Gasteiger partial charge in [-0.05, 0) is 19.3 Å². The Hall–Kier alpha value is -0.740. The van der Waals surface area contributed by atoms with Gasteiger partial charge in [-0.2, -0.15) is 13.2 Å². The third-order valence-electron chi connectivity index (χ3n) is 2.85. The van der Waals surface area contributed by atoms with Crippen molar-refractivity contribution in [3.8, 4) is 0 Å². The highest BCUT2D eigenvalue weighted by Crippen LogP contribution is 2.58. The number of rotatable bonds is 1. The summed E-state index contributed by atoms with van der Waals surface area (Å²) in [6.07, 6.45) is -3.56. The van der Waals surface area contributed by atoms with Gasteiger partial charge in [0.15, 0.2) is 0 Å². The van der Waals surface area contributed by atoms with Crippen LogP contribution in [0, 0.1) is 5.41 Å². The van der Waals surface area contributed by atoms with E-state index in [9.17, 15) is 18.0 Å². The lowest BCUT2D eigenvalue weighted by molar-refractivity contribution is -0.200. The maximum atomic E-state index is 12.4. The van der Waals surface area contributed by atoms with Crippen LogP contribution in [0.2, 0.25) is 0 Å². The molecular formula is C8H10F3NO. The van der Waals surface area contributed by atoms with E-state index in [0.29, 0.717) is 13.1 Å². The van der Waals surface area contributed by atoms with Gasteiger partial charge in [-0.1, -0.05) is 0 Å². The Balaban J connectivity index is 2.10. The molecule has 0 bridgehead atoms. The van der Waals surface area contributed by atoms with Gasteiger partial charge in [0, 0.05) is 13.1 Å². The summed E-state index contributed by atoms with van der Waals surface area (Å²) >= 11 is 0. The number of carbonyl (C=O) groups excluding carboxylic acids is 1. The molecule has 2 nitrogen and oxygen atoms in total. The second-order valence-electron chi connectivity index (χ2n) is 3.73. The molecule has 0 atom stereocenters. The molecule has 1 amide bonds. The van der Waals surface area contributed by atoms with Crippen molar-refractivity contribution in [2.24, 2.45) is 5.41 Å². The molecule has 1 saturated heterocycles. The summed E-state index contributed by atoms with van der Waals surface area (Å²) < 4.78 is 37.3. The molecule has 0 N–H and O–H groups in total. The van der Waals surface area contributed by atoms with E-state index < -0.39 is 17.5 Å². The van der Waals surface area contributed by atoms with Gasteiger partial charge < -0.3 is 4.90 Å².